The summed E-state index contributed by atoms with van der Waals surface area (Å²) < 4.78 is 21.0. The van der Waals surface area contributed by atoms with Crippen LogP contribution in [0.1, 0.15) is 60.8 Å². The quantitative estimate of drug-likeness (QED) is 0.444. The van der Waals surface area contributed by atoms with E-state index >= 15 is 0 Å². The molecule has 0 aliphatic heterocycles. The van der Waals surface area contributed by atoms with Crippen molar-refractivity contribution in [2.45, 2.75) is 78.0 Å². The van der Waals surface area contributed by atoms with E-state index in [1.807, 2.05) is 41.5 Å². The van der Waals surface area contributed by atoms with Gasteiger partial charge in [-0.05, 0) is 67.3 Å². The Morgan fingerprint density at radius 2 is 1.27 bits per heavy atom. The SMILES string of the molecule is CC(C)(C)OCCOC(=O)N(C(=O)OCCOC(C)(C)C)[C@@H](CCCCN)C(=O)O. The number of rotatable bonds is 12. The van der Waals surface area contributed by atoms with Crippen LogP contribution in [-0.4, -0.2) is 78.4 Å². The molecule has 0 saturated heterocycles. The molecule has 0 unspecified atom stereocenters. The zero-order valence-corrected chi connectivity index (χ0v) is 19.1. The van der Waals surface area contributed by atoms with Crippen LogP contribution < -0.4 is 5.73 Å². The number of unbranched alkanes of at least 4 members (excludes halogenated alkanes) is 1. The van der Waals surface area contributed by atoms with Crippen molar-refractivity contribution in [1.29, 1.82) is 0 Å². The van der Waals surface area contributed by atoms with Gasteiger partial charge in [-0.15, -0.1) is 0 Å². The Kier molecular flexibility index (Phi) is 12.6. The Balaban J connectivity index is 5.09. The Morgan fingerprint density at radius 1 is 0.833 bits per heavy atom. The third kappa shape index (κ3) is 13.3. The van der Waals surface area contributed by atoms with Gasteiger partial charge < -0.3 is 29.8 Å². The summed E-state index contributed by atoms with van der Waals surface area (Å²) in [5, 5.41) is 9.56. The minimum Gasteiger partial charge on any atom is -0.480 e. The fraction of sp³-hybridized carbons (Fsp3) is 0.850. The van der Waals surface area contributed by atoms with Crippen LogP contribution in [0, 0.1) is 0 Å². The van der Waals surface area contributed by atoms with Gasteiger partial charge >= 0.3 is 18.2 Å². The molecule has 10 nitrogen and oxygen atoms in total. The topological polar surface area (TPSA) is 138 Å². The van der Waals surface area contributed by atoms with Gasteiger partial charge in [-0.1, -0.05) is 0 Å². The molecular formula is C20H38N2O8. The van der Waals surface area contributed by atoms with Crippen LogP contribution in [0.5, 0.6) is 0 Å². The number of nitrogens with zero attached hydrogens (tertiary/aromatic N) is 1. The summed E-state index contributed by atoms with van der Waals surface area (Å²) in [6.07, 6.45) is -1.19. The van der Waals surface area contributed by atoms with E-state index < -0.39 is 35.4 Å². The molecule has 2 amide bonds. The van der Waals surface area contributed by atoms with Crippen molar-refractivity contribution in [1.82, 2.24) is 4.90 Å². The minimum atomic E-state index is -1.43. The summed E-state index contributed by atoms with van der Waals surface area (Å²) in [6, 6.07) is -1.43. The second-order valence-corrected chi connectivity index (χ2v) is 8.66. The number of carboxylic acid groups (broad SMARTS) is 1. The number of aliphatic carboxylic acids is 1. The lowest BCUT2D eigenvalue weighted by Gasteiger charge is -2.26. The van der Waals surface area contributed by atoms with Crippen molar-refractivity contribution < 1.29 is 38.4 Å². The fourth-order valence-electron chi connectivity index (χ4n) is 2.27. The predicted molar refractivity (Wildman–Crippen MR) is 110 cm³/mol. The number of carbonyl (C=O) groups excluding carboxylic acids is 2. The van der Waals surface area contributed by atoms with Crippen molar-refractivity contribution in [3.05, 3.63) is 0 Å². The third-order valence-electron chi connectivity index (χ3n) is 3.61. The first kappa shape index (κ1) is 28.1. The molecule has 0 spiro atoms. The van der Waals surface area contributed by atoms with E-state index in [9.17, 15) is 19.5 Å². The molecule has 0 radical (unpaired) electrons. The minimum absolute atomic E-state index is 0.0354. The molecule has 1 atom stereocenters. The Bertz CT molecular complexity index is 506. The summed E-state index contributed by atoms with van der Waals surface area (Å²) in [4.78, 5) is 37.2. The van der Waals surface area contributed by atoms with E-state index in [1.54, 1.807) is 0 Å². The average molecular weight is 435 g/mol. The van der Waals surface area contributed by atoms with Gasteiger partial charge in [-0.2, -0.15) is 4.90 Å². The molecule has 0 aliphatic carbocycles. The van der Waals surface area contributed by atoms with Crippen LogP contribution >= 0.6 is 0 Å². The van der Waals surface area contributed by atoms with Gasteiger partial charge in [0.15, 0.2) is 0 Å². The van der Waals surface area contributed by atoms with Crippen LogP contribution in [0.3, 0.4) is 0 Å². The Morgan fingerprint density at radius 3 is 1.60 bits per heavy atom. The summed E-state index contributed by atoms with van der Waals surface area (Å²) in [6.45, 7) is 11.4. The lowest BCUT2D eigenvalue weighted by molar-refractivity contribution is -0.142. The maximum Gasteiger partial charge on any atom is 0.420 e. The fourth-order valence-corrected chi connectivity index (χ4v) is 2.27. The van der Waals surface area contributed by atoms with Gasteiger partial charge in [0.25, 0.3) is 0 Å². The van der Waals surface area contributed by atoms with Crippen molar-refractivity contribution in [3.8, 4) is 0 Å². The highest BCUT2D eigenvalue weighted by molar-refractivity contribution is 5.93. The number of nitrogens with two attached hydrogens (primary N) is 1. The largest absolute Gasteiger partial charge is 0.480 e. The number of carboxylic acids is 1. The summed E-state index contributed by atoms with van der Waals surface area (Å²) in [5.41, 5.74) is 4.59. The second kappa shape index (κ2) is 13.4. The molecule has 30 heavy (non-hydrogen) atoms. The van der Waals surface area contributed by atoms with Crippen LogP contribution in [0.25, 0.3) is 0 Å². The van der Waals surface area contributed by atoms with Crippen LogP contribution in [0.15, 0.2) is 0 Å². The van der Waals surface area contributed by atoms with Gasteiger partial charge in [0.05, 0.1) is 24.4 Å². The van der Waals surface area contributed by atoms with Crippen molar-refractivity contribution in [2.24, 2.45) is 5.73 Å². The van der Waals surface area contributed by atoms with Crippen molar-refractivity contribution in [3.63, 3.8) is 0 Å². The molecule has 0 aromatic carbocycles. The number of hydrogen-bond donors (Lipinski definition) is 2. The van der Waals surface area contributed by atoms with E-state index in [-0.39, 0.29) is 32.8 Å². The highest BCUT2D eigenvalue weighted by Gasteiger charge is 2.37. The predicted octanol–water partition coefficient (Wildman–Crippen LogP) is 2.77. The first-order chi connectivity index (χ1) is 13.8. The van der Waals surface area contributed by atoms with Crippen molar-refractivity contribution in [2.75, 3.05) is 33.0 Å². The summed E-state index contributed by atoms with van der Waals surface area (Å²) in [5.74, 6) is -1.34. The lowest BCUT2D eigenvalue weighted by Crippen LogP contribution is -2.49. The molecule has 0 heterocycles. The highest BCUT2D eigenvalue weighted by Crippen LogP contribution is 2.14. The standard InChI is InChI=1S/C20H38N2O8/c1-19(2,3)29-13-11-27-17(25)22(15(16(23)24)9-7-8-10-21)18(26)28-12-14-30-20(4,5)6/h15H,7-14,21H2,1-6H3,(H,23,24)/t15-/m0/s1. The highest BCUT2D eigenvalue weighted by atomic mass is 16.6. The molecule has 0 fully saturated rings. The number of hydrogen-bond acceptors (Lipinski definition) is 8. The number of carbonyl (C=O) groups is 3. The molecule has 0 aliphatic rings. The van der Waals surface area contributed by atoms with Gasteiger partial charge in [0.1, 0.15) is 19.3 Å². The number of ether oxygens (including phenoxy) is 4. The molecule has 0 saturated carbocycles. The zero-order valence-electron chi connectivity index (χ0n) is 19.1. The molecule has 0 aromatic rings. The number of imide groups is 1. The van der Waals surface area contributed by atoms with Gasteiger partial charge in [0, 0.05) is 0 Å². The Hall–Kier alpha value is -1.91. The molecular weight excluding hydrogens is 396 g/mol. The van der Waals surface area contributed by atoms with Gasteiger partial charge in [-0.25, -0.2) is 14.4 Å². The van der Waals surface area contributed by atoms with Crippen LogP contribution in [0.2, 0.25) is 0 Å². The van der Waals surface area contributed by atoms with E-state index in [2.05, 4.69) is 0 Å². The first-order valence-corrected chi connectivity index (χ1v) is 10.1. The average Bonchev–Trinajstić information content (AvgIpc) is 2.59. The molecule has 10 heteroatoms. The maximum absolute atomic E-state index is 12.5. The van der Waals surface area contributed by atoms with Crippen LogP contribution in [0.4, 0.5) is 9.59 Å². The smallest absolute Gasteiger partial charge is 0.420 e. The van der Waals surface area contributed by atoms with E-state index in [4.69, 9.17) is 24.7 Å². The second-order valence-electron chi connectivity index (χ2n) is 8.66. The lowest BCUT2D eigenvalue weighted by atomic mass is 10.1. The summed E-state index contributed by atoms with van der Waals surface area (Å²) >= 11 is 0. The van der Waals surface area contributed by atoms with Gasteiger partial charge in [-0.3, -0.25) is 0 Å². The summed E-state index contributed by atoms with van der Waals surface area (Å²) in [7, 11) is 0. The van der Waals surface area contributed by atoms with E-state index in [1.165, 1.54) is 0 Å². The zero-order chi connectivity index (χ0) is 23.4. The maximum atomic E-state index is 12.5. The normalized spacial score (nSPS) is 12.9. The van der Waals surface area contributed by atoms with Gasteiger partial charge in [0.2, 0.25) is 0 Å². The Labute approximate surface area is 179 Å². The van der Waals surface area contributed by atoms with Crippen LogP contribution in [-0.2, 0) is 23.7 Å². The third-order valence-corrected chi connectivity index (χ3v) is 3.61. The first-order valence-electron chi connectivity index (χ1n) is 10.1. The molecule has 3 N–H and O–H groups in total. The molecule has 0 bridgehead atoms. The monoisotopic (exact) mass is 434 g/mol. The molecule has 0 rings (SSSR count). The van der Waals surface area contributed by atoms with E-state index in [0.717, 1.165) is 0 Å². The molecule has 0 aromatic heterocycles. The molecule has 176 valence electrons. The van der Waals surface area contributed by atoms with Crippen molar-refractivity contribution >= 4 is 18.2 Å². The number of amides is 2. The van der Waals surface area contributed by atoms with E-state index in [0.29, 0.717) is 24.3 Å².